The van der Waals surface area contributed by atoms with Crippen molar-refractivity contribution in [2.75, 3.05) is 5.73 Å². The average molecular weight is 355 g/mol. The van der Waals surface area contributed by atoms with Gasteiger partial charge in [-0.1, -0.05) is 68.3 Å². The second-order valence-electron chi connectivity index (χ2n) is 7.06. The smallest absolute Gasteiger partial charge is 0.140 e. The molecule has 0 aliphatic heterocycles. The first kappa shape index (κ1) is 17.3. The average Bonchev–Trinajstić information content (AvgIpc) is 3.04. The minimum atomic E-state index is 0.648. The van der Waals surface area contributed by atoms with Crippen LogP contribution in [0.15, 0.2) is 54.6 Å². The van der Waals surface area contributed by atoms with Crippen LogP contribution >= 0.6 is 0 Å². The molecule has 0 spiro atoms. The third-order valence-corrected chi connectivity index (χ3v) is 5.04. The molecule has 0 saturated heterocycles. The molecule has 2 heterocycles. The zero-order valence-electron chi connectivity index (χ0n) is 15.7. The number of hydrogen-bond donors (Lipinski definition) is 2. The topological polar surface area (TPSA) is 54.7 Å². The largest absolute Gasteiger partial charge is 0.383 e. The molecule has 0 amide bonds. The zero-order chi connectivity index (χ0) is 18.6. The Morgan fingerprint density at radius 1 is 0.926 bits per heavy atom. The van der Waals surface area contributed by atoms with Crippen LogP contribution < -0.4 is 5.73 Å². The normalized spacial score (nSPS) is 11.7. The number of aromatic amines is 1. The van der Waals surface area contributed by atoms with E-state index in [2.05, 4.69) is 77.6 Å². The van der Waals surface area contributed by atoms with E-state index in [1.807, 2.05) is 6.07 Å². The molecule has 2 aromatic carbocycles. The van der Waals surface area contributed by atoms with Gasteiger partial charge in [-0.3, -0.25) is 0 Å². The van der Waals surface area contributed by atoms with Crippen LogP contribution in [0, 0.1) is 0 Å². The summed E-state index contributed by atoms with van der Waals surface area (Å²) in [6, 6.07) is 19.0. The number of rotatable bonds is 6. The molecular formula is C24H25N3. The fourth-order valence-corrected chi connectivity index (χ4v) is 3.52. The second kappa shape index (κ2) is 7.67. The van der Waals surface area contributed by atoms with E-state index in [4.69, 9.17) is 5.73 Å². The molecule has 0 fully saturated rings. The highest BCUT2D eigenvalue weighted by molar-refractivity contribution is 6.07. The summed E-state index contributed by atoms with van der Waals surface area (Å²) in [5, 5.41) is 2.35. The fourth-order valence-electron chi connectivity index (χ4n) is 3.52. The van der Waals surface area contributed by atoms with Gasteiger partial charge in [0.15, 0.2) is 0 Å². The highest BCUT2D eigenvalue weighted by Crippen LogP contribution is 2.29. The molecule has 27 heavy (non-hydrogen) atoms. The van der Waals surface area contributed by atoms with Crippen molar-refractivity contribution >= 4 is 39.9 Å². The van der Waals surface area contributed by atoms with Crippen molar-refractivity contribution in [2.45, 2.75) is 32.6 Å². The van der Waals surface area contributed by atoms with Gasteiger partial charge in [0.25, 0.3) is 0 Å². The second-order valence-corrected chi connectivity index (χ2v) is 7.06. The summed E-state index contributed by atoms with van der Waals surface area (Å²) in [6.45, 7) is 2.22. The predicted octanol–water partition coefficient (Wildman–Crippen LogP) is 6.20. The summed E-state index contributed by atoms with van der Waals surface area (Å²) in [4.78, 5) is 8.02. The minimum absolute atomic E-state index is 0.648. The molecule has 0 aliphatic carbocycles. The van der Waals surface area contributed by atoms with Crippen molar-refractivity contribution in [3.63, 3.8) is 0 Å². The van der Waals surface area contributed by atoms with Gasteiger partial charge in [-0.15, -0.1) is 0 Å². The Hall–Kier alpha value is -3.07. The molecule has 3 heteroatoms. The molecular weight excluding hydrogens is 330 g/mol. The number of fused-ring (bicyclic) bond motifs is 3. The molecule has 136 valence electrons. The molecule has 0 aliphatic rings. The number of aryl methyl sites for hydroxylation is 1. The number of H-pyrrole nitrogens is 1. The molecule has 4 rings (SSSR count). The molecule has 4 aromatic rings. The van der Waals surface area contributed by atoms with Crippen molar-refractivity contribution < 1.29 is 0 Å². The van der Waals surface area contributed by atoms with Gasteiger partial charge in [0.2, 0.25) is 0 Å². The Morgan fingerprint density at radius 3 is 2.56 bits per heavy atom. The summed E-state index contributed by atoms with van der Waals surface area (Å²) in [5.41, 5.74) is 11.7. The molecule has 0 saturated carbocycles. The number of hydrogen-bond acceptors (Lipinski definition) is 2. The molecule has 0 unspecified atom stereocenters. The Morgan fingerprint density at radius 2 is 1.74 bits per heavy atom. The van der Waals surface area contributed by atoms with Crippen LogP contribution in [0.5, 0.6) is 0 Å². The van der Waals surface area contributed by atoms with Crippen molar-refractivity contribution in [2.24, 2.45) is 0 Å². The van der Waals surface area contributed by atoms with E-state index in [1.165, 1.54) is 29.4 Å². The van der Waals surface area contributed by atoms with Crippen molar-refractivity contribution in [3.8, 4) is 0 Å². The lowest BCUT2D eigenvalue weighted by atomic mass is 10.0. The lowest BCUT2D eigenvalue weighted by molar-refractivity contribution is 0.718. The Bertz CT molecular complexity index is 1090. The highest BCUT2D eigenvalue weighted by atomic mass is 14.9. The van der Waals surface area contributed by atoms with Crippen LogP contribution in [0.25, 0.3) is 34.1 Å². The molecule has 2 aromatic heterocycles. The molecule has 0 radical (unpaired) electrons. The van der Waals surface area contributed by atoms with Crippen LogP contribution in [0.4, 0.5) is 5.82 Å². The number of aromatic nitrogens is 2. The van der Waals surface area contributed by atoms with Crippen LogP contribution in [0.1, 0.15) is 42.9 Å². The summed E-state index contributed by atoms with van der Waals surface area (Å²) < 4.78 is 0. The van der Waals surface area contributed by atoms with Gasteiger partial charge in [-0.25, -0.2) is 4.98 Å². The number of anilines is 1. The minimum Gasteiger partial charge on any atom is -0.383 e. The van der Waals surface area contributed by atoms with Gasteiger partial charge in [0.05, 0.1) is 0 Å². The van der Waals surface area contributed by atoms with Gasteiger partial charge >= 0.3 is 0 Å². The van der Waals surface area contributed by atoms with Crippen LogP contribution in [0.2, 0.25) is 0 Å². The quantitative estimate of drug-likeness (QED) is 0.319. The zero-order valence-corrected chi connectivity index (χ0v) is 15.7. The third-order valence-electron chi connectivity index (χ3n) is 5.04. The van der Waals surface area contributed by atoms with Gasteiger partial charge in [-0.2, -0.15) is 0 Å². The monoisotopic (exact) mass is 355 g/mol. The van der Waals surface area contributed by atoms with Crippen LogP contribution in [-0.4, -0.2) is 9.97 Å². The van der Waals surface area contributed by atoms with Gasteiger partial charge in [-0.05, 0) is 47.7 Å². The number of benzene rings is 2. The molecule has 3 nitrogen and oxygen atoms in total. The van der Waals surface area contributed by atoms with Gasteiger partial charge < -0.3 is 10.7 Å². The van der Waals surface area contributed by atoms with E-state index in [9.17, 15) is 0 Å². The summed E-state index contributed by atoms with van der Waals surface area (Å²) >= 11 is 0. The Balaban J connectivity index is 1.71. The number of nitrogens with two attached hydrogens (primary N) is 1. The van der Waals surface area contributed by atoms with Gasteiger partial charge in [0, 0.05) is 16.3 Å². The lowest BCUT2D eigenvalue weighted by Crippen LogP contribution is -1.98. The van der Waals surface area contributed by atoms with Crippen molar-refractivity contribution in [1.29, 1.82) is 0 Å². The van der Waals surface area contributed by atoms with Crippen LogP contribution in [-0.2, 0) is 6.42 Å². The van der Waals surface area contributed by atoms with E-state index in [-0.39, 0.29) is 0 Å². The maximum atomic E-state index is 6.19. The van der Waals surface area contributed by atoms with E-state index >= 15 is 0 Å². The summed E-state index contributed by atoms with van der Waals surface area (Å²) in [6.07, 6.45) is 8.87. The van der Waals surface area contributed by atoms with E-state index in [0.717, 1.165) is 35.0 Å². The van der Waals surface area contributed by atoms with Crippen molar-refractivity contribution in [1.82, 2.24) is 9.97 Å². The summed E-state index contributed by atoms with van der Waals surface area (Å²) in [7, 11) is 0. The number of nitrogens with one attached hydrogen (secondary N) is 1. The van der Waals surface area contributed by atoms with Crippen molar-refractivity contribution in [3.05, 3.63) is 71.3 Å². The standard InChI is InChI=1S/C24H25N3/c1-2-3-5-10-19-16-21-20-15-18(12-11-17-8-6-4-7-9-17)13-14-22(20)26-24(21)27-23(19)25/h4,6-9,11-16H,2-3,5,10H2,1H3,(H3,25,26,27). The number of pyridine rings is 1. The predicted molar refractivity (Wildman–Crippen MR) is 117 cm³/mol. The molecule has 0 bridgehead atoms. The summed E-state index contributed by atoms with van der Waals surface area (Å²) in [5.74, 6) is 0.648. The fraction of sp³-hybridized carbons (Fsp3) is 0.208. The lowest BCUT2D eigenvalue weighted by Gasteiger charge is -2.05. The first-order chi connectivity index (χ1) is 13.2. The number of unbranched alkanes of at least 4 members (excludes halogenated alkanes) is 2. The SMILES string of the molecule is CCCCCc1cc2c(nc1N)[nH]c1ccc(C=Cc3ccccc3)cc12. The third kappa shape index (κ3) is 3.72. The highest BCUT2D eigenvalue weighted by Gasteiger charge is 2.10. The van der Waals surface area contributed by atoms with E-state index < -0.39 is 0 Å². The Labute approximate surface area is 159 Å². The van der Waals surface area contributed by atoms with Crippen LogP contribution in [0.3, 0.4) is 0 Å². The first-order valence-corrected chi connectivity index (χ1v) is 9.68. The molecule has 3 N–H and O–H groups in total. The first-order valence-electron chi connectivity index (χ1n) is 9.68. The number of nitrogens with zero attached hydrogens (tertiary/aromatic N) is 1. The Kier molecular flexibility index (Phi) is 4.93. The maximum Gasteiger partial charge on any atom is 0.140 e. The number of nitrogen functional groups attached to an aromatic ring is 1. The van der Waals surface area contributed by atoms with E-state index in [0.29, 0.717) is 5.82 Å². The van der Waals surface area contributed by atoms with E-state index in [1.54, 1.807) is 0 Å². The molecule has 0 atom stereocenters. The van der Waals surface area contributed by atoms with Gasteiger partial charge in [0.1, 0.15) is 11.5 Å². The maximum absolute atomic E-state index is 6.19.